The number of phenols is 1. The van der Waals surface area contributed by atoms with Gasteiger partial charge in [0.2, 0.25) is 0 Å². The summed E-state index contributed by atoms with van der Waals surface area (Å²) in [5.74, 6) is -0.942. The Morgan fingerprint density at radius 3 is 2.61 bits per heavy atom. The summed E-state index contributed by atoms with van der Waals surface area (Å²) in [4.78, 5) is 28.1. The molecule has 2 heterocycles. The molecule has 2 atom stereocenters. The van der Waals surface area contributed by atoms with E-state index in [0.29, 0.717) is 22.0 Å². The molecule has 184 valence electrons. The fourth-order valence-corrected chi connectivity index (χ4v) is 5.26. The van der Waals surface area contributed by atoms with E-state index in [1.807, 2.05) is 37.3 Å². The number of methoxy groups -OCH3 is 1. The van der Waals surface area contributed by atoms with Crippen molar-refractivity contribution >= 4 is 33.4 Å². The van der Waals surface area contributed by atoms with Crippen LogP contribution in [0.3, 0.4) is 0 Å². The van der Waals surface area contributed by atoms with Gasteiger partial charge in [0.1, 0.15) is 17.6 Å². The number of phenolic OH excluding ortho intramolecular Hbond substituents is 1. The zero-order valence-corrected chi connectivity index (χ0v) is 21.3. The number of amides is 1. The second kappa shape index (κ2) is 9.35. The number of aliphatic hydroxyl groups is 1. The highest BCUT2D eigenvalue weighted by atomic mass is 79.9. The molecule has 1 amide bonds. The van der Waals surface area contributed by atoms with Gasteiger partial charge in [0.25, 0.3) is 11.7 Å². The summed E-state index contributed by atoms with van der Waals surface area (Å²) >= 11 is 3.33. The average Bonchev–Trinajstić information content (AvgIpc) is 3.37. The van der Waals surface area contributed by atoms with Gasteiger partial charge in [-0.15, -0.1) is 0 Å². The number of halogens is 1. The summed E-state index contributed by atoms with van der Waals surface area (Å²) in [7, 11) is 1.42. The Bertz CT molecular complexity index is 1400. The zero-order valence-electron chi connectivity index (χ0n) is 19.7. The van der Waals surface area contributed by atoms with Crippen LogP contribution in [0.25, 0.3) is 5.76 Å². The van der Waals surface area contributed by atoms with E-state index in [1.165, 1.54) is 12.0 Å². The molecule has 0 aromatic heterocycles. The van der Waals surface area contributed by atoms with Gasteiger partial charge in [0.05, 0.1) is 23.2 Å². The summed E-state index contributed by atoms with van der Waals surface area (Å²) in [6.45, 7) is 2.12. The first-order chi connectivity index (χ1) is 17.3. The van der Waals surface area contributed by atoms with E-state index >= 15 is 0 Å². The van der Waals surface area contributed by atoms with Crippen molar-refractivity contribution in [2.75, 3.05) is 7.11 Å². The molecule has 1 saturated heterocycles. The molecule has 2 N–H and O–H groups in total. The zero-order chi connectivity index (χ0) is 25.6. The maximum absolute atomic E-state index is 13.4. The molecule has 7 nitrogen and oxygen atoms in total. The first-order valence-corrected chi connectivity index (χ1v) is 12.3. The predicted octanol–water partition coefficient (Wildman–Crippen LogP) is 5.11. The molecule has 2 aliphatic heterocycles. The molecule has 2 aliphatic rings. The quantitative estimate of drug-likeness (QED) is 0.261. The SMILES string of the molecule is COc1cc([C@H]2/C(=C(\O)c3ccc4c(c3)C[C@H](C)O4)C(=O)C(=O)N2Cc2ccccc2)cc(Br)c1O. The number of likely N-dealkylation sites (tertiary alicyclic amines) is 1. The number of aromatic hydroxyl groups is 1. The third-order valence-electron chi connectivity index (χ3n) is 6.49. The van der Waals surface area contributed by atoms with Gasteiger partial charge in [-0.25, -0.2) is 0 Å². The Morgan fingerprint density at radius 1 is 1.14 bits per heavy atom. The maximum Gasteiger partial charge on any atom is 0.295 e. The van der Waals surface area contributed by atoms with Gasteiger partial charge in [0.15, 0.2) is 11.5 Å². The predicted molar refractivity (Wildman–Crippen MR) is 137 cm³/mol. The van der Waals surface area contributed by atoms with Crippen LogP contribution >= 0.6 is 15.9 Å². The van der Waals surface area contributed by atoms with Gasteiger partial charge < -0.3 is 24.6 Å². The molecular weight excluding hydrogens is 526 g/mol. The fourth-order valence-electron chi connectivity index (χ4n) is 4.80. The molecule has 0 radical (unpaired) electrons. The van der Waals surface area contributed by atoms with Crippen molar-refractivity contribution in [3.05, 3.63) is 93.0 Å². The van der Waals surface area contributed by atoms with Crippen molar-refractivity contribution in [3.63, 3.8) is 0 Å². The van der Waals surface area contributed by atoms with Crippen molar-refractivity contribution in [2.24, 2.45) is 0 Å². The molecule has 5 rings (SSSR count). The third-order valence-corrected chi connectivity index (χ3v) is 7.10. The number of aliphatic hydroxyl groups excluding tert-OH is 1. The Hall–Kier alpha value is -3.78. The van der Waals surface area contributed by atoms with Crippen molar-refractivity contribution in [3.8, 4) is 17.2 Å². The molecule has 0 spiro atoms. The maximum atomic E-state index is 13.4. The molecule has 36 heavy (non-hydrogen) atoms. The van der Waals surface area contributed by atoms with Crippen LogP contribution in [0.5, 0.6) is 17.2 Å². The minimum absolute atomic E-state index is 0.0238. The number of ketones is 1. The average molecular weight is 550 g/mol. The molecule has 0 aliphatic carbocycles. The smallest absolute Gasteiger partial charge is 0.295 e. The first kappa shape index (κ1) is 23.9. The number of fused-ring (bicyclic) bond motifs is 1. The number of hydrogen-bond donors (Lipinski definition) is 2. The van der Waals surface area contributed by atoms with Gasteiger partial charge in [-0.1, -0.05) is 30.3 Å². The minimum atomic E-state index is -0.903. The van der Waals surface area contributed by atoms with Crippen LogP contribution in [0.15, 0.2) is 70.7 Å². The fraction of sp³-hybridized carbons (Fsp3) is 0.214. The summed E-state index contributed by atoms with van der Waals surface area (Å²) in [6.07, 6.45) is 0.709. The topological polar surface area (TPSA) is 96.3 Å². The van der Waals surface area contributed by atoms with Crippen LogP contribution in [-0.2, 0) is 22.6 Å². The molecule has 0 unspecified atom stereocenters. The van der Waals surface area contributed by atoms with Crippen LogP contribution < -0.4 is 9.47 Å². The Labute approximate surface area is 216 Å². The highest BCUT2D eigenvalue weighted by Crippen LogP contribution is 2.45. The van der Waals surface area contributed by atoms with Crippen molar-refractivity contribution < 1.29 is 29.3 Å². The summed E-state index contributed by atoms with van der Waals surface area (Å²) in [5, 5.41) is 21.8. The summed E-state index contributed by atoms with van der Waals surface area (Å²) in [5.41, 5.74) is 2.67. The number of Topliss-reactive ketones (excluding diaryl/α,β-unsaturated/α-hetero) is 1. The lowest BCUT2D eigenvalue weighted by molar-refractivity contribution is -0.140. The molecule has 3 aromatic rings. The van der Waals surface area contributed by atoms with Crippen LogP contribution in [-0.4, -0.2) is 40.0 Å². The lowest BCUT2D eigenvalue weighted by atomic mass is 9.94. The molecule has 8 heteroatoms. The van der Waals surface area contributed by atoms with Crippen LogP contribution in [0.4, 0.5) is 0 Å². The second-order valence-corrected chi connectivity index (χ2v) is 9.78. The Morgan fingerprint density at radius 2 is 1.89 bits per heavy atom. The number of rotatable bonds is 5. The monoisotopic (exact) mass is 549 g/mol. The number of hydrogen-bond acceptors (Lipinski definition) is 6. The van der Waals surface area contributed by atoms with E-state index in [0.717, 1.165) is 16.9 Å². The third kappa shape index (κ3) is 4.11. The van der Waals surface area contributed by atoms with Crippen LogP contribution in [0.2, 0.25) is 0 Å². The largest absolute Gasteiger partial charge is 0.507 e. The number of benzene rings is 3. The van der Waals surface area contributed by atoms with Crippen molar-refractivity contribution in [2.45, 2.75) is 32.0 Å². The van der Waals surface area contributed by atoms with Gasteiger partial charge in [-0.2, -0.15) is 0 Å². The van der Waals surface area contributed by atoms with Gasteiger partial charge in [-0.05, 0) is 69.9 Å². The summed E-state index contributed by atoms with van der Waals surface area (Å²) in [6, 6.07) is 16.8. The number of nitrogens with zero attached hydrogens (tertiary/aromatic N) is 1. The number of ether oxygens (including phenoxy) is 2. The Kier molecular flexibility index (Phi) is 6.22. The molecule has 3 aromatic carbocycles. The van der Waals surface area contributed by atoms with Gasteiger partial charge >= 0.3 is 0 Å². The lowest BCUT2D eigenvalue weighted by Crippen LogP contribution is -2.29. The summed E-state index contributed by atoms with van der Waals surface area (Å²) < 4.78 is 11.4. The lowest BCUT2D eigenvalue weighted by Gasteiger charge is -2.26. The number of carbonyl (C=O) groups excluding carboxylic acids is 2. The molecular formula is C28H24BrNO6. The normalized spacial score (nSPS) is 20.4. The minimum Gasteiger partial charge on any atom is -0.507 e. The highest BCUT2D eigenvalue weighted by molar-refractivity contribution is 9.10. The van der Waals surface area contributed by atoms with Crippen LogP contribution in [0, 0.1) is 0 Å². The van der Waals surface area contributed by atoms with E-state index in [-0.39, 0.29) is 35.5 Å². The second-order valence-electron chi connectivity index (χ2n) is 8.92. The molecule has 0 bridgehead atoms. The van der Waals surface area contributed by atoms with Crippen molar-refractivity contribution in [1.82, 2.24) is 4.90 Å². The molecule has 1 fully saturated rings. The Balaban J connectivity index is 1.68. The van der Waals surface area contributed by atoms with Crippen LogP contribution in [0.1, 0.15) is 35.2 Å². The van der Waals surface area contributed by atoms with E-state index in [9.17, 15) is 19.8 Å². The first-order valence-electron chi connectivity index (χ1n) is 11.5. The van der Waals surface area contributed by atoms with Gasteiger partial charge in [-0.3, -0.25) is 9.59 Å². The van der Waals surface area contributed by atoms with E-state index in [4.69, 9.17) is 9.47 Å². The number of carbonyl (C=O) groups is 2. The van der Waals surface area contributed by atoms with E-state index < -0.39 is 17.7 Å². The standard InChI is InChI=1S/C28H24BrNO6/c1-15-10-18-11-17(8-9-21(18)36-15)25(31)23-24(19-12-20(29)26(32)22(13-19)35-2)30(28(34)27(23)33)14-16-6-4-3-5-7-16/h3-9,11-13,15,24,31-32H,10,14H2,1-2H3/b25-23+/t15-,24-/m0/s1. The van der Waals surface area contributed by atoms with Crippen molar-refractivity contribution in [1.29, 1.82) is 0 Å². The highest BCUT2D eigenvalue weighted by Gasteiger charge is 2.46. The van der Waals surface area contributed by atoms with Gasteiger partial charge in [0, 0.05) is 18.5 Å². The van der Waals surface area contributed by atoms with E-state index in [1.54, 1.807) is 30.3 Å². The van der Waals surface area contributed by atoms with E-state index in [2.05, 4.69) is 15.9 Å². The molecule has 0 saturated carbocycles.